The highest BCUT2D eigenvalue weighted by atomic mass is 35.5. The first-order valence-electron chi connectivity index (χ1n) is 8.15. The van der Waals surface area contributed by atoms with E-state index in [4.69, 9.17) is 34.8 Å². The molecule has 0 saturated heterocycles. The van der Waals surface area contributed by atoms with Gasteiger partial charge in [-0.3, -0.25) is 9.36 Å². The lowest BCUT2D eigenvalue weighted by Crippen LogP contribution is -2.14. The van der Waals surface area contributed by atoms with Crippen LogP contribution in [0.25, 0.3) is 11.4 Å². The van der Waals surface area contributed by atoms with Crippen molar-refractivity contribution in [1.29, 1.82) is 0 Å². The van der Waals surface area contributed by atoms with Gasteiger partial charge in [-0.1, -0.05) is 58.7 Å². The lowest BCUT2D eigenvalue weighted by Gasteiger charge is -2.09. The Hall–Kier alpha value is -1.99. The minimum Gasteiger partial charge on any atom is -0.325 e. The van der Waals surface area contributed by atoms with Crippen molar-refractivity contribution in [3.05, 3.63) is 70.2 Å². The topological polar surface area (TPSA) is 59.8 Å². The molecule has 0 spiro atoms. The Labute approximate surface area is 181 Å². The van der Waals surface area contributed by atoms with Gasteiger partial charge in [-0.2, -0.15) is 0 Å². The van der Waals surface area contributed by atoms with E-state index in [0.717, 1.165) is 0 Å². The van der Waals surface area contributed by atoms with E-state index >= 15 is 0 Å². The molecule has 0 aliphatic rings. The number of rotatable bonds is 7. The van der Waals surface area contributed by atoms with Crippen LogP contribution in [0.1, 0.15) is 0 Å². The van der Waals surface area contributed by atoms with E-state index in [9.17, 15) is 4.79 Å². The zero-order chi connectivity index (χ0) is 20.1. The summed E-state index contributed by atoms with van der Waals surface area (Å²) in [7, 11) is 0. The number of aromatic nitrogens is 3. The molecular formula is C19H15Cl3N4OS. The minimum absolute atomic E-state index is 0.163. The molecule has 0 aliphatic carbocycles. The maximum atomic E-state index is 12.2. The second-order valence-electron chi connectivity index (χ2n) is 5.68. The van der Waals surface area contributed by atoms with Crippen LogP contribution >= 0.6 is 46.6 Å². The van der Waals surface area contributed by atoms with Crippen LogP contribution in [0.5, 0.6) is 0 Å². The van der Waals surface area contributed by atoms with Crippen LogP contribution < -0.4 is 5.32 Å². The van der Waals surface area contributed by atoms with Gasteiger partial charge in [-0.05, 0) is 36.4 Å². The van der Waals surface area contributed by atoms with E-state index in [1.165, 1.54) is 11.8 Å². The van der Waals surface area contributed by atoms with Gasteiger partial charge in [-0.15, -0.1) is 16.8 Å². The summed E-state index contributed by atoms with van der Waals surface area (Å²) in [5, 5.41) is 13.4. The van der Waals surface area contributed by atoms with Crippen LogP contribution in [0, 0.1) is 0 Å². The van der Waals surface area contributed by atoms with Crippen molar-refractivity contribution >= 4 is 58.2 Å². The Morgan fingerprint density at radius 1 is 1.14 bits per heavy atom. The molecule has 0 saturated carbocycles. The normalized spacial score (nSPS) is 10.7. The highest BCUT2D eigenvalue weighted by Gasteiger charge is 2.17. The van der Waals surface area contributed by atoms with Gasteiger partial charge in [0.1, 0.15) is 0 Å². The molecule has 0 bridgehead atoms. The van der Waals surface area contributed by atoms with Gasteiger partial charge in [0.25, 0.3) is 0 Å². The fraction of sp³-hybridized carbons (Fsp3) is 0.105. The molecule has 1 heterocycles. The van der Waals surface area contributed by atoms with Crippen LogP contribution in [-0.4, -0.2) is 26.4 Å². The lowest BCUT2D eigenvalue weighted by atomic mass is 10.2. The average Bonchev–Trinajstić information content (AvgIpc) is 3.03. The zero-order valence-corrected chi connectivity index (χ0v) is 17.6. The van der Waals surface area contributed by atoms with Gasteiger partial charge in [0, 0.05) is 27.8 Å². The third kappa shape index (κ3) is 5.08. The molecule has 1 N–H and O–H groups in total. The van der Waals surface area contributed by atoms with E-state index in [-0.39, 0.29) is 11.7 Å². The standard InChI is InChI=1S/C19H15Cl3N4OS/c1-2-8-26-18(15-7-6-13(21)10-16(15)22)24-25-19(26)28-11-17(27)23-14-5-3-4-12(20)9-14/h2-7,9-10H,1,8,11H2,(H,23,27). The Bertz CT molecular complexity index is 1020. The fourth-order valence-corrected chi connectivity index (χ4v) is 3.88. The van der Waals surface area contributed by atoms with Crippen molar-refractivity contribution in [3.63, 3.8) is 0 Å². The maximum Gasteiger partial charge on any atom is 0.234 e. The Balaban J connectivity index is 1.76. The maximum absolute atomic E-state index is 12.2. The number of thioether (sulfide) groups is 1. The van der Waals surface area contributed by atoms with E-state index in [0.29, 0.717) is 43.8 Å². The molecule has 0 radical (unpaired) electrons. The number of nitrogens with one attached hydrogen (secondary N) is 1. The van der Waals surface area contributed by atoms with Crippen molar-refractivity contribution in [1.82, 2.24) is 14.8 Å². The summed E-state index contributed by atoms with van der Waals surface area (Å²) < 4.78 is 1.85. The average molecular weight is 454 g/mol. The first-order chi connectivity index (χ1) is 13.5. The second-order valence-corrected chi connectivity index (χ2v) is 7.90. The van der Waals surface area contributed by atoms with E-state index in [1.807, 2.05) is 4.57 Å². The molecule has 28 heavy (non-hydrogen) atoms. The van der Waals surface area contributed by atoms with Crippen LogP contribution in [0.2, 0.25) is 15.1 Å². The van der Waals surface area contributed by atoms with Crippen LogP contribution in [-0.2, 0) is 11.3 Å². The first kappa shape index (κ1) is 20.7. The third-order valence-corrected chi connectivity index (χ3v) is 5.39. The van der Waals surface area contributed by atoms with Crippen molar-refractivity contribution in [2.75, 3.05) is 11.1 Å². The molecule has 9 heteroatoms. The summed E-state index contributed by atoms with van der Waals surface area (Å²) in [4.78, 5) is 12.2. The van der Waals surface area contributed by atoms with Gasteiger partial charge in [0.05, 0.1) is 10.8 Å². The number of hydrogen-bond acceptors (Lipinski definition) is 4. The van der Waals surface area contributed by atoms with Crippen molar-refractivity contribution < 1.29 is 4.79 Å². The van der Waals surface area contributed by atoms with E-state index < -0.39 is 0 Å². The number of anilines is 1. The second kappa shape index (κ2) is 9.47. The van der Waals surface area contributed by atoms with Crippen molar-refractivity contribution in [2.24, 2.45) is 0 Å². The SMILES string of the molecule is C=CCn1c(SCC(=O)Nc2cccc(Cl)c2)nnc1-c1ccc(Cl)cc1Cl. The smallest absolute Gasteiger partial charge is 0.234 e. The number of amides is 1. The Kier molecular flexibility index (Phi) is 7.02. The molecule has 5 nitrogen and oxygen atoms in total. The summed E-state index contributed by atoms with van der Waals surface area (Å²) in [5.74, 6) is 0.571. The number of nitrogens with zero attached hydrogens (tertiary/aromatic N) is 3. The number of carbonyl (C=O) groups excluding carboxylic acids is 1. The molecule has 0 unspecified atom stereocenters. The Morgan fingerprint density at radius 3 is 2.64 bits per heavy atom. The number of carbonyl (C=O) groups is 1. The molecule has 0 fully saturated rings. The Morgan fingerprint density at radius 2 is 1.93 bits per heavy atom. The molecule has 1 aromatic heterocycles. The molecule has 3 aromatic rings. The predicted octanol–water partition coefficient (Wildman–Crippen LogP) is 5.82. The van der Waals surface area contributed by atoms with Crippen molar-refractivity contribution in [2.45, 2.75) is 11.7 Å². The van der Waals surface area contributed by atoms with E-state index in [1.54, 1.807) is 48.5 Å². The summed E-state index contributed by atoms with van der Waals surface area (Å²) >= 11 is 19.5. The first-order valence-corrected chi connectivity index (χ1v) is 10.3. The molecular weight excluding hydrogens is 439 g/mol. The summed E-state index contributed by atoms with van der Waals surface area (Å²) in [6.45, 7) is 4.25. The monoisotopic (exact) mass is 452 g/mol. The molecule has 1 amide bonds. The molecule has 2 aromatic carbocycles. The zero-order valence-electron chi connectivity index (χ0n) is 14.5. The van der Waals surface area contributed by atoms with Gasteiger partial charge in [0.15, 0.2) is 11.0 Å². The van der Waals surface area contributed by atoms with Gasteiger partial charge < -0.3 is 5.32 Å². The largest absolute Gasteiger partial charge is 0.325 e. The molecule has 0 aliphatic heterocycles. The summed E-state index contributed by atoms with van der Waals surface area (Å²) in [5.41, 5.74) is 1.34. The van der Waals surface area contributed by atoms with Crippen LogP contribution in [0.15, 0.2) is 60.3 Å². The fourth-order valence-electron chi connectivity index (χ4n) is 2.45. The number of halogens is 3. The minimum atomic E-state index is -0.175. The van der Waals surface area contributed by atoms with E-state index in [2.05, 4.69) is 22.1 Å². The summed E-state index contributed by atoms with van der Waals surface area (Å²) in [6, 6.07) is 12.1. The quantitative estimate of drug-likeness (QED) is 0.361. The van der Waals surface area contributed by atoms with Gasteiger partial charge in [0.2, 0.25) is 5.91 Å². The number of benzene rings is 2. The van der Waals surface area contributed by atoms with Crippen LogP contribution in [0.4, 0.5) is 5.69 Å². The summed E-state index contributed by atoms with van der Waals surface area (Å²) in [6.07, 6.45) is 1.73. The van der Waals surface area contributed by atoms with Crippen molar-refractivity contribution in [3.8, 4) is 11.4 Å². The lowest BCUT2D eigenvalue weighted by molar-refractivity contribution is -0.113. The van der Waals surface area contributed by atoms with Gasteiger partial charge in [-0.25, -0.2) is 0 Å². The molecule has 0 atom stereocenters. The molecule has 144 valence electrons. The highest BCUT2D eigenvalue weighted by Crippen LogP contribution is 2.31. The van der Waals surface area contributed by atoms with Gasteiger partial charge >= 0.3 is 0 Å². The van der Waals surface area contributed by atoms with Crippen LogP contribution in [0.3, 0.4) is 0 Å². The molecule has 3 rings (SSSR count). The predicted molar refractivity (Wildman–Crippen MR) is 116 cm³/mol. The number of allylic oxidation sites excluding steroid dienone is 1. The third-order valence-electron chi connectivity index (χ3n) is 3.64. The number of hydrogen-bond donors (Lipinski definition) is 1. The highest BCUT2D eigenvalue weighted by molar-refractivity contribution is 7.99.